The van der Waals surface area contributed by atoms with Gasteiger partial charge in [0.1, 0.15) is 0 Å². The van der Waals surface area contributed by atoms with Crippen molar-refractivity contribution in [3.05, 3.63) is 40.4 Å². The average Bonchev–Trinajstić information content (AvgIpc) is 2.98. The Bertz CT molecular complexity index is 799. The predicted octanol–water partition coefficient (Wildman–Crippen LogP) is 1.31. The van der Waals surface area contributed by atoms with E-state index in [1.165, 1.54) is 17.3 Å². The highest BCUT2D eigenvalue weighted by Gasteiger charge is 2.20. The normalized spacial score (nSPS) is 18.2. The van der Waals surface area contributed by atoms with Crippen LogP contribution in [0.1, 0.15) is 24.8 Å². The SMILES string of the molecule is Cc1cccc2c(=O)n(CCC(=O)NCC3CCCN3C)cnc12. The van der Waals surface area contributed by atoms with E-state index in [2.05, 4.69) is 22.2 Å². The number of aryl methyl sites for hydroxylation is 2. The smallest absolute Gasteiger partial charge is 0.261 e. The van der Waals surface area contributed by atoms with Gasteiger partial charge in [-0.05, 0) is 45.0 Å². The first-order chi connectivity index (χ1) is 11.6. The Morgan fingerprint density at radius 2 is 2.25 bits per heavy atom. The molecule has 128 valence electrons. The molecule has 1 atom stereocenters. The first-order valence-electron chi connectivity index (χ1n) is 8.48. The lowest BCUT2D eigenvalue weighted by Crippen LogP contribution is -2.38. The van der Waals surface area contributed by atoms with Crippen molar-refractivity contribution in [2.24, 2.45) is 0 Å². The number of nitrogens with one attached hydrogen (secondary N) is 1. The maximum atomic E-state index is 12.5. The van der Waals surface area contributed by atoms with Crippen LogP contribution in [0.2, 0.25) is 0 Å². The molecule has 2 heterocycles. The summed E-state index contributed by atoms with van der Waals surface area (Å²) >= 11 is 0. The Morgan fingerprint density at radius 3 is 3.00 bits per heavy atom. The molecule has 1 aliphatic heterocycles. The van der Waals surface area contributed by atoms with Crippen LogP contribution in [-0.2, 0) is 11.3 Å². The number of nitrogens with zero attached hydrogens (tertiary/aromatic N) is 3. The van der Waals surface area contributed by atoms with Gasteiger partial charge in [0.05, 0.1) is 17.2 Å². The van der Waals surface area contributed by atoms with E-state index < -0.39 is 0 Å². The maximum absolute atomic E-state index is 12.5. The number of rotatable bonds is 5. The molecule has 1 aromatic heterocycles. The Balaban J connectivity index is 1.60. The molecule has 6 heteroatoms. The number of likely N-dealkylation sites (N-methyl/N-ethyl adjacent to an activating group) is 1. The molecule has 3 rings (SSSR count). The van der Waals surface area contributed by atoms with Crippen LogP contribution in [-0.4, -0.2) is 46.5 Å². The quantitative estimate of drug-likeness (QED) is 0.898. The highest BCUT2D eigenvalue weighted by molar-refractivity contribution is 5.80. The van der Waals surface area contributed by atoms with Gasteiger partial charge in [0.2, 0.25) is 5.91 Å². The third-order valence-electron chi connectivity index (χ3n) is 4.84. The average molecular weight is 328 g/mol. The van der Waals surface area contributed by atoms with E-state index >= 15 is 0 Å². The molecule has 1 aliphatic rings. The van der Waals surface area contributed by atoms with Gasteiger partial charge in [-0.2, -0.15) is 0 Å². The van der Waals surface area contributed by atoms with Crippen LogP contribution in [0.5, 0.6) is 0 Å². The molecule has 1 fully saturated rings. The lowest BCUT2D eigenvalue weighted by molar-refractivity contribution is -0.121. The summed E-state index contributed by atoms with van der Waals surface area (Å²) in [6, 6.07) is 6.01. The lowest BCUT2D eigenvalue weighted by atomic mass is 10.1. The molecule has 0 saturated carbocycles. The number of benzene rings is 1. The van der Waals surface area contributed by atoms with Gasteiger partial charge in [-0.1, -0.05) is 12.1 Å². The van der Waals surface area contributed by atoms with Crippen LogP contribution < -0.4 is 10.9 Å². The monoisotopic (exact) mass is 328 g/mol. The van der Waals surface area contributed by atoms with Gasteiger partial charge in [-0.3, -0.25) is 14.2 Å². The zero-order chi connectivity index (χ0) is 17.1. The van der Waals surface area contributed by atoms with Crippen molar-refractivity contribution < 1.29 is 4.79 Å². The first kappa shape index (κ1) is 16.6. The molecule has 2 aromatic rings. The number of carbonyl (C=O) groups excluding carboxylic acids is 1. The minimum absolute atomic E-state index is 0.0217. The summed E-state index contributed by atoms with van der Waals surface area (Å²) in [6.45, 7) is 4.06. The maximum Gasteiger partial charge on any atom is 0.261 e. The number of amides is 1. The molecule has 1 N–H and O–H groups in total. The number of hydrogen-bond acceptors (Lipinski definition) is 4. The first-order valence-corrected chi connectivity index (χ1v) is 8.48. The number of carbonyl (C=O) groups is 1. The summed E-state index contributed by atoms with van der Waals surface area (Å²) in [6.07, 6.45) is 4.14. The summed E-state index contributed by atoms with van der Waals surface area (Å²) in [4.78, 5) is 31.2. The fraction of sp³-hybridized carbons (Fsp3) is 0.500. The Hall–Kier alpha value is -2.21. The van der Waals surface area contributed by atoms with Gasteiger partial charge < -0.3 is 10.2 Å². The molecule has 0 aliphatic carbocycles. The molecule has 0 spiro atoms. The predicted molar refractivity (Wildman–Crippen MR) is 94.0 cm³/mol. The fourth-order valence-corrected chi connectivity index (χ4v) is 3.28. The largest absolute Gasteiger partial charge is 0.354 e. The van der Waals surface area contributed by atoms with Crippen LogP contribution in [0, 0.1) is 6.92 Å². The molecule has 1 unspecified atom stereocenters. The number of hydrogen-bond donors (Lipinski definition) is 1. The molecule has 1 amide bonds. The summed E-state index contributed by atoms with van der Waals surface area (Å²) < 4.78 is 1.52. The van der Waals surface area contributed by atoms with Gasteiger partial charge in [-0.25, -0.2) is 4.98 Å². The third kappa shape index (κ3) is 3.48. The molecule has 6 nitrogen and oxygen atoms in total. The second-order valence-electron chi connectivity index (χ2n) is 6.54. The van der Waals surface area contributed by atoms with Crippen molar-refractivity contribution in [1.82, 2.24) is 19.8 Å². The molecule has 0 bridgehead atoms. The van der Waals surface area contributed by atoms with E-state index in [1.807, 2.05) is 19.1 Å². The summed E-state index contributed by atoms with van der Waals surface area (Å²) in [7, 11) is 2.09. The number of fused-ring (bicyclic) bond motifs is 1. The zero-order valence-electron chi connectivity index (χ0n) is 14.3. The second kappa shape index (κ2) is 7.13. The van der Waals surface area contributed by atoms with Crippen molar-refractivity contribution in [3.8, 4) is 0 Å². The van der Waals surface area contributed by atoms with Crippen LogP contribution in [0.15, 0.2) is 29.3 Å². The van der Waals surface area contributed by atoms with E-state index in [0.717, 1.165) is 24.0 Å². The minimum atomic E-state index is -0.0907. The Labute approximate surface area is 141 Å². The van der Waals surface area contributed by atoms with Crippen molar-refractivity contribution >= 4 is 16.8 Å². The van der Waals surface area contributed by atoms with E-state index in [9.17, 15) is 9.59 Å². The summed E-state index contributed by atoms with van der Waals surface area (Å²) in [5.41, 5.74) is 1.62. The van der Waals surface area contributed by atoms with Crippen LogP contribution in [0.3, 0.4) is 0 Å². The van der Waals surface area contributed by atoms with Crippen molar-refractivity contribution in [2.75, 3.05) is 20.1 Å². The van der Waals surface area contributed by atoms with E-state index in [1.54, 1.807) is 6.07 Å². The Morgan fingerprint density at radius 1 is 1.42 bits per heavy atom. The van der Waals surface area contributed by atoms with Crippen molar-refractivity contribution in [2.45, 2.75) is 38.8 Å². The number of aromatic nitrogens is 2. The summed E-state index contributed by atoms with van der Waals surface area (Å²) in [5, 5.41) is 3.58. The molecule has 24 heavy (non-hydrogen) atoms. The molecule has 0 radical (unpaired) electrons. The molecule has 1 saturated heterocycles. The van der Waals surface area contributed by atoms with Crippen LogP contribution >= 0.6 is 0 Å². The molecule has 1 aromatic carbocycles. The van der Waals surface area contributed by atoms with Gasteiger partial charge in [0.15, 0.2) is 0 Å². The number of likely N-dealkylation sites (tertiary alicyclic amines) is 1. The van der Waals surface area contributed by atoms with Gasteiger partial charge in [0, 0.05) is 25.6 Å². The van der Waals surface area contributed by atoms with E-state index in [4.69, 9.17) is 0 Å². The van der Waals surface area contributed by atoms with E-state index in [0.29, 0.717) is 24.5 Å². The Kier molecular flexibility index (Phi) is 4.94. The van der Waals surface area contributed by atoms with Crippen molar-refractivity contribution in [3.63, 3.8) is 0 Å². The standard InChI is InChI=1S/C18H24N4O2/c1-13-5-3-7-15-17(13)20-12-22(18(15)24)10-8-16(23)19-11-14-6-4-9-21(14)2/h3,5,7,12,14H,4,6,8-11H2,1-2H3,(H,19,23). The fourth-order valence-electron chi connectivity index (χ4n) is 3.28. The highest BCUT2D eigenvalue weighted by Crippen LogP contribution is 2.13. The zero-order valence-corrected chi connectivity index (χ0v) is 14.3. The summed E-state index contributed by atoms with van der Waals surface area (Å²) in [5.74, 6) is -0.0217. The van der Waals surface area contributed by atoms with Crippen molar-refractivity contribution in [1.29, 1.82) is 0 Å². The van der Waals surface area contributed by atoms with Gasteiger partial charge in [-0.15, -0.1) is 0 Å². The van der Waals surface area contributed by atoms with Crippen LogP contribution in [0.25, 0.3) is 10.9 Å². The minimum Gasteiger partial charge on any atom is -0.354 e. The van der Waals surface area contributed by atoms with Gasteiger partial charge in [0.25, 0.3) is 5.56 Å². The molecular formula is C18H24N4O2. The topological polar surface area (TPSA) is 67.2 Å². The highest BCUT2D eigenvalue weighted by atomic mass is 16.1. The lowest BCUT2D eigenvalue weighted by Gasteiger charge is -2.19. The third-order valence-corrected chi connectivity index (χ3v) is 4.84. The molecular weight excluding hydrogens is 304 g/mol. The number of para-hydroxylation sites is 1. The van der Waals surface area contributed by atoms with E-state index in [-0.39, 0.29) is 17.9 Å². The van der Waals surface area contributed by atoms with Gasteiger partial charge >= 0.3 is 0 Å². The van der Waals surface area contributed by atoms with Crippen LogP contribution in [0.4, 0.5) is 0 Å². The second-order valence-corrected chi connectivity index (χ2v) is 6.54.